The molecule has 0 spiro atoms. The van der Waals surface area contributed by atoms with Gasteiger partial charge in [-0.25, -0.2) is 9.97 Å². The number of aromatic nitrogens is 2. The van der Waals surface area contributed by atoms with E-state index in [0.717, 1.165) is 27.8 Å². The van der Waals surface area contributed by atoms with E-state index >= 15 is 0 Å². The van der Waals surface area contributed by atoms with Gasteiger partial charge in [0.1, 0.15) is 11.0 Å². The Morgan fingerprint density at radius 2 is 2.00 bits per heavy atom. The topological polar surface area (TPSA) is 51.8 Å². The van der Waals surface area contributed by atoms with Crippen molar-refractivity contribution in [1.82, 2.24) is 9.97 Å². The van der Waals surface area contributed by atoms with Gasteiger partial charge in [0.15, 0.2) is 0 Å². The molecule has 0 fully saturated rings. The summed E-state index contributed by atoms with van der Waals surface area (Å²) < 4.78 is 0. The van der Waals surface area contributed by atoms with Crippen molar-refractivity contribution >= 4 is 22.7 Å². The number of hydrogen-bond acceptors (Lipinski definition) is 5. The van der Waals surface area contributed by atoms with Crippen LogP contribution >= 0.6 is 22.7 Å². The van der Waals surface area contributed by atoms with Crippen LogP contribution in [0.15, 0.2) is 5.38 Å². The Hall–Kier alpha value is -0.780. The molecule has 2 rings (SSSR count). The first kappa shape index (κ1) is 14.6. The lowest BCUT2D eigenvalue weighted by Crippen LogP contribution is -2.15. The first-order valence-corrected chi connectivity index (χ1v) is 8.20. The van der Waals surface area contributed by atoms with Gasteiger partial charge in [-0.1, -0.05) is 27.7 Å². The average Bonchev–Trinajstić information content (AvgIpc) is 2.93. The van der Waals surface area contributed by atoms with Crippen LogP contribution in [0.4, 0.5) is 0 Å². The zero-order valence-electron chi connectivity index (χ0n) is 12.2. The molecule has 0 aromatic carbocycles. The van der Waals surface area contributed by atoms with Crippen LogP contribution in [0.3, 0.4) is 0 Å². The van der Waals surface area contributed by atoms with E-state index in [1.165, 1.54) is 4.88 Å². The van der Waals surface area contributed by atoms with Crippen molar-refractivity contribution in [2.24, 2.45) is 5.73 Å². The van der Waals surface area contributed by atoms with Gasteiger partial charge in [0.25, 0.3) is 0 Å². The van der Waals surface area contributed by atoms with Gasteiger partial charge in [-0.3, -0.25) is 0 Å². The summed E-state index contributed by atoms with van der Waals surface area (Å²) in [6.07, 6.45) is 0.958. The molecular weight excluding hydrogens is 274 g/mol. The van der Waals surface area contributed by atoms with Crippen LogP contribution in [0.25, 0.3) is 0 Å². The van der Waals surface area contributed by atoms with Crippen LogP contribution < -0.4 is 5.73 Å². The molecule has 0 aliphatic rings. The highest BCUT2D eigenvalue weighted by Gasteiger charge is 2.22. The third-order valence-electron chi connectivity index (χ3n) is 2.99. The molecule has 1 atom stereocenters. The summed E-state index contributed by atoms with van der Waals surface area (Å²) >= 11 is 3.37. The smallest absolute Gasteiger partial charge is 0.116 e. The van der Waals surface area contributed by atoms with Gasteiger partial charge in [-0.15, -0.1) is 22.7 Å². The van der Waals surface area contributed by atoms with E-state index < -0.39 is 0 Å². The van der Waals surface area contributed by atoms with Gasteiger partial charge >= 0.3 is 0 Å². The van der Waals surface area contributed by atoms with Crippen molar-refractivity contribution in [2.45, 2.75) is 52.5 Å². The summed E-state index contributed by atoms with van der Waals surface area (Å²) in [5, 5.41) is 4.16. The Labute approximate surface area is 122 Å². The van der Waals surface area contributed by atoms with Gasteiger partial charge < -0.3 is 5.73 Å². The fourth-order valence-electron chi connectivity index (χ4n) is 1.81. The summed E-state index contributed by atoms with van der Waals surface area (Å²) in [6, 6.07) is -0.198. The average molecular weight is 295 g/mol. The maximum absolute atomic E-state index is 6.30. The van der Waals surface area contributed by atoms with Crippen LogP contribution in [-0.4, -0.2) is 9.97 Å². The molecule has 19 heavy (non-hydrogen) atoms. The molecule has 0 aliphatic carbocycles. The molecule has 5 heteroatoms. The summed E-state index contributed by atoms with van der Waals surface area (Å²) in [4.78, 5) is 10.6. The second kappa shape index (κ2) is 5.31. The first-order valence-electron chi connectivity index (χ1n) is 6.50. The van der Waals surface area contributed by atoms with E-state index in [4.69, 9.17) is 5.73 Å². The molecule has 0 amide bonds. The van der Waals surface area contributed by atoms with Gasteiger partial charge in [-0.2, -0.15) is 0 Å². The number of rotatable bonds is 3. The molecule has 0 radical (unpaired) electrons. The maximum Gasteiger partial charge on any atom is 0.116 e. The molecule has 2 aromatic heterocycles. The highest BCUT2D eigenvalue weighted by Crippen LogP contribution is 2.31. The third kappa shape index (κ3) is 3.04. The lowest BCUT2D eigenvalue weighted by Gasteiger charge is -2.14. The van der Waals surface area contributed by atoms with Crippen molar-refractivity contribution in [3.8, 4) is 0 Å². The number of thiazole rings is 2. The van der Waals surface area contributed by atoms with Crippen molar-refractivity contribution < 1.29 is 0 Å². The third-order valence-corrected chi connectivity index (χ3v) is 5.37. The number of nitrogens with zero attached hydrogens (tertiary/aromatic N) is 2. The van der Waals surface area contributed by atoms with E-state index in [2.05, 4.69) is 50.0 Å². The lowest BCUT2D eigenvalue weighted by molar-refractivity contribution is 0.581. The molecule has 1 unspecified atom stereocenters. The molecule has 0 bridgehead atoms. The van der Waals surface area contributed by atoms with Crippen molar-refractivity contribution in [3.63, 3.8) is 0 Å². The highest BCUT2D eigenvalue weighted by molar-refractivity contribution is 7.12. The van der Waals surface area contributed by atoms with E-state index in [0.29, 0.717) is 0 Å². The second-order valence-electron chi connectivity index (χ2n) is 5.71. The van der Waals surface area contributed by atoms with Crippen LogP contribution in [0.2, 0.25) is 0 Å². The summed E-state index contributed by atoms with van der Waals surface area (Å²) in [6.45, 7) is 10.7. The zero-order chi connectivity index (χ0) is 14.2. The van der Waals surface area contributed by atoms with Crippen LogP contribution in [0.1, 0.15) is 60.0 Å². The second-order valence-corrected chi connectivity index (χ2v) is 7.81. The molecule has 2 N–H and O–H groups in total. The van der Waals surface area contributed by atoms with E-state index in [1.54, 1.807) is 22.7 Å². The summed E-state index contributed by atoms with van der Waals surface area (Å²) in [7, 11) is 0. The first-order chi connectivity index (χ1) is 8.82. The van der Waals surface area contributed by atoms with E-state index in [9.17, 15) is 0 Å². The van der Waals surface area contributed by atoms with Crippen molar-refractivity contribution in [2.75, 3.05) is 0 Å². The predicted molar refractivity (Wildman–Crippen MR) is 83.1 cm³/mol. The minimum Gasteiger partial charge on any atom is -0.317 e. The van der Waals surface area contributed by atoms with Gasteiger partial charge in [-0.05, 0) is 13.3 Å². The maximum atomic E-state index is 6.30. The molecule has 3 nitrogen and oxygen atoms in total. The largest absolute Gasteiger partial charge is 0.317 e. The van der Waals surface area contributed by atoms with Gasteiger partial charge in [0.2, 0.25) is 0 Å². The predicted octanol–water partition coefficient (Wildman–Crippen LogP) is 3.82. The molecular formula is C14H21N3S2. The molecule has 104 valence electrons. The summed E-state index contributed by atoms with van der Waals surface area (Å²) in [5.41, 5.74) is 8.47. The quantitative estimate of drug-likeness (QED) is 0.936. The number of nitrogens with two attached hydrogens (primary N) is 1. The minimum atomic E-state index is -0.198. The number of hydrogen-bond donors (Lipinski definition) is 1. The highest BCUT2D eigenvalue weighted by atomic mass is 32.1. The fourth-order valence-corrected chi connectivity index (χ4v) is 3.78. The Kier molecular flexibility index (Phi) is 4.08. The fraction of sp³-hybridized carbons (Fsp3) is 0.571. The SMILES string of the molecule is CCc1nc(C(N)c2csc(C(C)(C)C)n2)sc1C. The van der Waals surface area contributed by atoms with Crippen molar-refractivity contribution in [1.29, 1.82) is 0 Å². The van der Waals surface area contributed by atoms with Crippen molar-refractivity contribution in [3.05, 3.63) is 31.7 Å². The molecule has 0 aliphatic heterocycles. The minimum absolute atomic E-state index is 0.0794. The van der Waals surface area contributed by atoms with E-state index in [-0.39, 0.29) is 11.5 Å². The Bertz CT molecular complexity index is 563. The number of aryl methyl sites for hydroxylation is 2. The van der Waals surface area contributed by atoms with Crippen LogP contribution in [0, 0.1) is 6.92 Å². The summed E-state index contributed by atoms with van der Waals surface area (Å²) in [5.74, 6) is 0. The Balaban J connectivity index is 2.28. The Morgan fingerprint density at radius 1 is 1.32 bits per heavy atom. The van der Waals surface area contributed by atoms with Gasteiger partial charge in [0.05, 0.1) is 16.4 Å². The van der Waals surface area contributed by atoms with Crippen LogP contribution in [0.5, 0.6) is 0 Å². The zero-order valence-corrected chi connectivity index (χ0v) is 13.8. The molecule has 0 saturated heterocycles. The van der Waals surface area contributed by atoms with Gasteiger partial charge in [0, 0.05) is 15.7 Å². The Morgan fingerprint density at radius 3 is 2.47 bits per heavy atom. The van der Waals surface area contributed by atoms with Crippen LogP contribution in [-0.2, 0) is 11.8 Å². The van der Waals surface area contributed by atoms with E-state index in [1.807, 2.05) is 0 Å². The monoisotopic (exact) mass is 295 g/mol. The normalized spacial score (nSPS) is 13.8. The lowest BCUT2D eigenvalue weighted by atomic mass is 9.98. The standard InChI is InChI=1S/C14H21N3S2/c1-6-9-8(2)19-12(16-9)11(15)10-7-18-13(17-10)14(3,4)5/h7,11H,6,15H2,1-5H3. The molecule has 0 saturated carbocycles. The molecule has 2 aromatic rings. The molecule has 2 heterocycles.